The Balaban J connectivity index is 1.10. The first-order chi connectivity index (χ1) is 17.8. The van der Waals surface area contributed by atoms with Crippen LogP contribution in [0.2, 0.25) is 0 Å². The molecule has 7 aliphatic rings. The lowest BCUT2D eigenvalue weighted by Crippen LogP contribution is -2.64. The number of hydrogen-bond acceptors (Lipinski definition) is 6. The van der Waals surface area contributed by atoms with Crippen molar-refractivity contribution in [3.8, 4) is 0 Å². The van der Waals surface area contributed by atoms with Gasteiger partial charge in [0.25, 0.3) is 0 Å². The van der Waals surface area contributed by atoms with Gasteiger partial charge in [-0.1, -0.05) is 13.8 Å². The van der Waals surface area contributed by atoms with Gasteiger partial charge in [-0.3, -0.25) is 9.80 Å². The number of likely N-dealkylation sites (tertiary alicyclic amines) is 2. The zero-order valence-electron chi connectivity index (χ0n) is 23.5. The van der Waals surface area contributed by atoms with Crippen LogP contribution >= 0.6 is 0 Å². The van der Waals surface area contributed by atoms with Gasteiger partial charge in [-0.05, 0) is 105 Å². The summed E-state index contributed by atoms with van der Waals surface area (Å²) in [4.78, 5) is 5.46. The summed E-state index contributed by atoms with van der Waals surface area (Å²) in [6.45, 7) is 9.71. The number of hydrogen-bond donors (Lipinski definition) is 2. The summed E-state index contributed by atoms with van der Waals surface area (Å²) in [5.41, 5.74) is 0.468. The fourth-order valence-corrected chi connectivity index (χ4v) is 11.2. The minimum atomic E-state index is -0.318. The van der Waals surface area contributed by atoms with Gasteiger partial charge in [-0.25, -0.2) is 0 Å². The molecule has 7 fully saturated rings. The molecular formula is C31H52N2O4. The van der Waals surface area contributed by atoms with Crippen molar-refractivity contribution < 1.29 is 19.7 Å². The molecule has 0 aromatic heterocycles. The van der Waals surface area contributed by atoms with E-state index in [0.717, 1.165) is 76.8 Å². The Hall–Kier alpha value is -0.240. The maximum atomic E-state index is 11.6. The number of ether oxygens (including phenoxy) is 2. The first-order valence-electron chi connectivity index (χ1n) is 16.0. The normalized spacial score (nSPS) is 52.5. The Morgan fingerprint density at radius 2 is 1.51 bits per heavy atom. The molecule has 0 amide bonds. The fraction of sp³-hybridized carbons (Fsp3) is 1.00. The summed E-state index contributed by atoms with van der Waals surface area (Å²) >= 11 is 0. The van der Waals surface area contributed by atoms with E-state index in [2.05, 4.69) is 23.6 Å². The Morgan fingerprint density at radius 3 is 2.30 bits per heavy atom. The predicted octanol–water partition coefficient (Wildman–Crippen LogP) is 4.38. The average Bonchev–Trinajstić information content (AvgIpc) is 3.48. The summed E-state index contributed by atoms with van der Waals surface area (Å²) in [5.74, 6) is 2.58. The van der Waals surface area contributed by atoms with Crippen molar-refractivity contribution >= 4 is 0 Å². The van der Waals surface area contributed by atoms with Crippen LogP contribution in [0.25, 0.3) is 0 Å². The molecule has 3 heterocycles. The largest absolute Gasteiger partial charge is 0.393 e. The molecule has 0 aromatic rings. The second kappa shape index (κ2) is 9.41. The van der Waals surface area contributed by atoms with Crippen molar-refractivity contribution in [2.75, 3.05) is 32.8 Å². The van der Waals surface area contributed by atoms with Crippen LogP contribution in [0.3, 0.4) is 0 Å². The summed E-state index contributed by atoms with van der Waals surface area (Å²) in [6.07, 6.45) is 15.3. The van der Waals surface area contributed by atoms with Crippen LogP contribution < -0.4 is 0 Å². The quantitative estimate of drug-likeness (QED) is 0.568. The SMILES string of the molecule is C[C@]12CC(N3CCCCC3N3CCC4(CC3)OCCO4)C(O)CC1CC[C@@H]1[C@H]2CC[C@]2(C)C(O)CC[C@@H]12. The fourth-order valence-electron chi connectivity index (χ4n) is 11.2. The number of aliphatic hydroxyl groups is 2. The van der Waals surface area contributed by atoms with Gasteiger partial charge in [0.2, 0.25) is 0 Å². The van der Waals surface area contributed by atoms with E-state index in [9.17, 15) is 10.2 Å². The summed E-state index contributed by atoms with van der Waals surface area (Å²) in [6, 6.07) is 0.280. The van der Waals surface area contributed by atoms with Gasteiger partial charge >= 0.3 is 0 Å². The second-order valence-corrected chi connectivity index (χ2v) is 14.7. The zero-order valence-corrected chi connectivity index (χ0v) is 23.5. The lowest BCUT2D eigenvalue weighted by Gasteiger charge is -2.63. The maximum absolute atomic E-state index is 11.6. The second-order valence-electron chi connectivity index (χ2n) is 14.7. The number of rotatable bonds is 2. The van der Waals surface area contributed by atoms with Gasteiger partial charge < -0.3 is 19.7 Å². The van der Waals surface area contributed by atoms with Gasteiger partial charge in [-0.2, -0.15) is 0 Å². The van der Waals surface area contributed by atoms with Crippen LogP contribution in [0, 0.1) is 34.5 Å². The van der Waals surface area contributed by atoms with Gasteiger partial charge in [0.1, 0.15) is 0 Å². The van der Waals surface area contributed by atoms with E-state index in [1.165, 1.54) is 51.4 Å². The molecule has 5 unspecified atom stereocenters. The van der Waals surface area contributed by atoms with Crippen LogP contribution in [0.15, 0.2) is 0 Å². The lowest BCUT2D eigenvalue weighted by molar-refractivity contribution is -0.201. The molecule has 4 saturated carbocycles. The van der Waals surface area contributed by atoms with Gasteiger partial charge in [0, 0.05) is 38.5 Å². The molecule has 2 N–H and O–H groups in total. The van der Waals surface area contributed by atoms with Crippen molar-refractivity contribution in [3.05, 3.63) is 0 Å². The van der Waals surface area contributed by atoms with Crippen LogP contribution in [-0.2, 0) is 9.47 Å². The third-order valence-electron chi connectivity index (χ3n) is 13.4. The molecule has 37 heavy (non-hydrogen) atoms. The van der Waals surface area contributed by atoms with Crippen LogP contribution in [0.1, 0.15) is 97.3 Å². The summed E-state index contributed by atoms with van der Waals surface area (Å²) < 4.78 is 12.1. The lowest BCUT2D eigenvalue weighted by atomic mass is 9.44. The number of piperidine rings is 2. The van der Waals surface area contributed by atoms with Crippen molar-refractivity contribution in [1.29, 1.82) is 0 Å². The molecule has 4 aliphatic carbocycles. The molecule has 0 bridgehead atoms. The van der Waals surface area contributed by atoms with Crippen molar-refractivity contribution in [1.82, 2.24) is 9.80 Å². The third-order valence-corrected chi connectivity index (χ3v) is 13.4. The molecule has 3 saturated heterocycles. The highest BCUT2D eigenvalue weighted by atomic mass is 16.7. The number of fused-ring (bicyclic) bond motifs is 5. The van der Waals surface area contributed by atoms with E-state index in [1.54, 1.807) is 0 Å². The molecule has 0 radical (unpaired) electrons. The van der Waals surface area contributed by atoms with Crippen molar-refractivity contribution in [3.63, 3.8) is 0 Å². The average molecular weight is 517 g/mol. The molecule has 3 aliphatic heterocycles. The minimum Gasteiger partial charge on any atom is -0.393 e. The molecule has 10 atom stereocenters. The molecule has 210 valence electrons. The Labute approximate surface area is 224 Å². The van der Waals surface area contributed by atoms with Gasteiger partial charge in [-0.15, -0.1) is 0 Å². The van der Waals surface area contributed by atoms with Crippen molar-refractivity contribution in [2.45, 2.75) is 128 Å². The number of nitrogens with zero attached hydrogens (tertiary/aromatic N) is 2. The van der Waals surface area contributed by atoms with E-state index >= 15 is 0 Å². The minimum absolute atomic E-state index is 0.0947. The van der Waals surface area contributed by atoms with E-state index in [1.807, 2.05) is 0 Å². The van der Waals surface area contributed by atoms with Crippen LogP contribution in [-0.4, -0.2) is 83.1 Å². The monoisotopic (exact) mass is 516 g/mol. The van der Waals surface area contributed by atoms with E-state index in [-0.39, 0.29) is 29.5 Å². The standard InChI is InChI=1S/C31H52N2O4/c1-29-11-10-24-22(23(29)8-9-27(29)35)7-6-21-19-26(34)25(20-30(21,24)2)33-14-4-3-5-28(33)32-15-12-31(13-16-32)36-17-18-37-31/h21-28,34-35H,3-20H2,1-2H3/t21?,22-,23-,24+,25?,26?,27?,28?,29-,30-/m0/s1. The number of aliphatic hydroxyl groups excluding tert-OH is 2. The van der Waals surface area contributed by atoms with Gasteiger partial charge in [0.05, 0.1) is 31.6 Å². The predicted molar refractivity (Wildman–Crippen MR) is 143 cm³/mol. The summed E-state index contributed by atoms with van der Waals surface area (Å²) in [7, 11) is 0. The van der Waals surface area contributed by atoms with Crippen LogP contribution in [0.5, 0.6) is 0 Å². The molecule has 0 aromatic carbocycles. The first-order valence-corrected chi connectivity index (χ1v) is 16.0. The van der Waals surface area contributed by atoms with E-state index in [4.69, 9.17) is 9.47 Å². The smallest absolute Gasteiger partial charge is 0.170 e. The molecule has 6 heteroatoms. The van der Waals surface area contributed by atoms with Gasteiger partial charge in [0.15, 0.2) is 5.79 Å². The van der Waals surface area contributed by atoms with Crippen molar-refractivity contribution in [2.24, 2.45) is 34.5 Å². The highest BCUT2D eigenvalue weighted by Crippen LogP contribution is 2.66. The van der Waals surface area contributed by atoms with E-state index in [0.29, 0.717) is 23.4 Å². The molecule has 7 rings (SSSR count). The first kappa shape index (κ1) is 25.7. The maximum Gasteiger partial charge on any atom is 0.170 e. The van der Waals surface area contributed by atoms with Crippen LogP contribution in [0.4, 0.5) is 0 Å². The highest BCUT2D eigenvalue weighted by molar-refractivity contribution is 5.11. The third kappa shape index (κ3) is 4.01. The van der Waals surface area contributed by atoms with E-state index < -0.39 is 0 Å². The molecule has 6 nitrogen and oxygen atoms in total. The Bertz CT molecular complexity index is 839. The molecular weight excluding hydrogens is 464 g/mol. The highest BCUT2D eigenvalue weighted by Gasteiger charge is 2.61. The summed E-state index contributed by atoms with van der Waals surface area (Å²) in [5, 5.41) is 22.5. The molecule has 1 spiro atoms. The topological polar surface area (TPSA) is 65.4 Å². The Kier molecular flexibility index (Phi) is 6.54. The Morgan fingerprint density at radius 1 is 0.757 bits per heavy atom. The zero-order chi connectivity index (χ0) is 25.4.